The second-order valence-electron chi connectivity index (χ2n) is 3.99. The number of carbonyl (C=O) groups is 1. The van der Waals surface area contributed by atoms with Crippen LogP contribution in [0.1, 0.15) is 24.3 Å². The van der Waals surface area contributed by atoms with Crippen LogP contribution < -0.4 is 4.74 Å². The van der Waals surface area contributed by atoms with Gasteiger partial charge in [-0.1, -0.05) is 0 Å². The van der Waals surface area contributed by atoms with Gasteiger partial charge in [0.25, 0.3) is 11.8 Å². The van der Waals surface area contributed by atoms with Gasteiger partial charge in [0.1, 0.15) is 5.69 Å². The van der Waals surface area contributed by atoms with E-state index in [1.807, 2.05) is 13.8 Å². The van der Waals surface area contributed by atoms with Crippen LogP contribution in [0.4, 0.5) is 5.69 Å². The topological polar surface area (TPSA) is 85.6 Å². The maximum absolute atomic E-state index is 12.0. The summed E-state index contributed by atoms with van der Waals surface area (Å²) in [6, 6.07) is 2.55. The third kappa shape index (κ3) is 2.73. The predicted octanol–water partition coefficient (Wildman–Crippen LogP) is 1.48. The summed E-state index contributed by atoms with van der Waals surface area (Å²) >= 11 is 0. The molecule has 0 N–H and O–H groups in total. The Kier molecular flexibility index (Phi) is 4.19. The predicted molar refractivity (Wildman–Crippen MR) is 64.7 cm³/mol. The standard InChI is InChI=1S/C11H15N3O4/c1-7(2)13(3)11(15)8-5-6-9(14(16)17)10(12-8)18-4/h5-7H,1-4H3. The first-order valence-corrected chi connectivity index (χ1v) is 5.35. The minimum atomic E-state index is -0.605. The molecule has 0 atom stereocenters. The maximum Gasteiger partial charge on any atom is 0.330 e. The number of hydrogen-bond donors (Lipinski definition) is 0. The number of aromatic nitrogens is 1. The Morgan fingerprint density at radius 3 is 2.56 bits per heavy atom. The lowest BCUT2D eigenvalue weighted by molar-refractivity contribution is -0.386. The fourth-order valence-electron chi connectivity index (χ4n) is 1.26. The quantitative estimate of drug-likeness (QED) is 0.599. The van der Waals surface area contributed by atoms with Gasteiger partial charge in [-0.25, -0.2) is 4.98 Å². The number of pyridine rings is 1. The van der Waals surface area contributed by atoms with E-state index in [0.29, 0.717) is 0 Å². The minimum absolute atomic E-state index is 0.0143. The SMILES string of the molecule is COc1nc(C(=O)N(C)C(C)C)ccc1[N+](=O)[O-]. The van der Waals surface area contributed by atoms with Crippen molar-refractivity contribution in [2.75, 3.05) is 14.2 Å². The number of nitrogens with zero attached hydrogens (tertiary/aromatic N) is 3. The van der Waals surface area contributed by atoms with Crippen molar-refractivity contribution in [2.24, 2.45) is 0 Å². The van der Waals surface area contributed by atoms with Crippen LogP contribution in [-0.2, 0) is 0 Å². The van der Waals surface area contributed by atoms with Gasteiger partial charge in [0.2, 0.25) is 0 Å². The van der Waals surface area contributed by atoms with E-state index in [1.54, 1.807) is 7.05 Å². The first-order chi connectivity index (χ1) is 8.38. The molecule has 0 fully saturated rings. The fraction of sp³-hybridized carbons (Fsp3) is 0.455. The summed E-state index contributed by atoms with van der Waals surface area (Å²) in [6.07, 6.45) is 0. The summed E-state index contributed by atoms with van der Waals surface area (Å²) < 4.78 is 4.81. The molecule has 1 amide bonds. The largest absolute Gasteiger partial charge is 0.476 e. The third-order valence-electron chi connectivity index (χ3n) is 2.54. The Hall–Kier alpha value is -2.18. The van der Waals surface area contributed by atoms with Gasteiger partial charge in [0.05, 0.1) is 12.0 Å². The van der Waals surface area contributed by atoms with Crippen LogP contribution in [0.3, 0.4) is 0 Å². The molecule has 0 radical (unpaired) electrons. The van der Waals surface area contributed by atoms with Gasteiger partial charge in [-0.3, -0.25) is 14.9 Å². The summed E-state index contributed by atoms with van der Waals surface area (Å²) in [5, 5.41) is 10.7. The van der Waals surface area contributed by atoms with Gasteiger partial charge in [-0.2, -0.15) is 0 Å². The van der Waals surface area contributed by atoms with Crippen molar-refractivity contribution in [1.82, 2.24) is 9.88 Å². The molecule has 1 aromatic rings. The first-order valence-electron chi connectivity index (χ1n) is 5.35. The number of nitro groups is 1. The average Bonchev–Trinajstić information content (AvgIpc) is 2.35. The highest BCUT2D eigenvalue weighted by Gasteiger charge is 2.21. The molecule has 98 valence electrons. The molecular weight excluding hydrogens is 238 g/mol. The molecule has 1 rings (SSSR count). The molecule has 18 heavy (non-hydrogen) atoms. The average molecular weight is 253 g/mol. The highest BCUT2D eigenvalue weighted by atomic mass is 16.6. The molecule has 7 nitrogen and oxygen atoms in total. The summed E-state index contributed by atoms with van der Waals surface area (Å²) in [6.45, 7) is 3.72. The number of ether oxygens (including phenoxy) is 1. The highest BCUT2D eigenvalue weighted by molar-refractivity contribution is 5.92. The molecule has 0 aliphatic carbocycles. The highest BCUT2D eigenvalue weighted by Crippen LogP contribution is 2.24. The van der Waals surface area contributed by atoms with Crippen LogP contribution in [0.5, 0.6) is 5.88 Å². The van der Waals surface area contributed by atoms with Crippen molar-refractivity contribution < 1.29 is 14.5 Å². The van der Waals surface area contributed by atoms with E-state index in [1.165, 1.54) is 24.1 Å². The van der Waals surface area contributed by atoms with Gasteiger partial charge in [0.15, 0.2) is 0 Å². The summed E-state index contributed by atoms with van der Waals surface area (Å²) in [7, 11) is 2.91. The Bertz CT molecular complexity index is 473. The van der Waals surface area contributed by atoms with E-state index in [-0.39, 0.29) is 29.2 Å². The van der Waals surface area contributed by atoms with Crippen molar-refractivity contribution in [2.45, 2.75) is 19.9 Å². The van der Waals surface area contributed by atoms with Crippen molar-refractivity contribution in [3.8, 4) is 5.88 Å². The molecular formula is C11H15N3O4. The normalized spacial score (nSPS) is 10.3. The fourth-order valence-corrected chi connectivity index (χ4v) is 1.26. The number of rotatable bonds is 4. The molecule has 0 saturated carbocycles. The van der Waals surface area contributed by atoms with E-state index in [4.69, 9.17) is 4.74 Å². The number of carbonyl (C=O) groups excluding carboxylic acids is 1. The van der Waals surface area contributed by atoms with Crippen molar-refractivity contribution in [3.63, 3.8) is 0 Å². The van der Waals surface area contributed by atoms with Gasteiger partial charge < -0.3 is 9.64 Å². The first kappa shape index (κ1) is 13.9. The minimum Gasteiger partial charge on any atom is -0.476 e. The molecule has 0 bridgehead atoms. The number of methoxy groups -OCH3 is 1. The maximum atomic E-state index is 12.0. The molecule has 0 spiro atoms. The lowest BCUT2D eigenvalue weighted by atomic mass is 10.2. The molecule has 0 aliphatic rings. The molecule has 1 heterocycles. The van der Waals surface area contributed by atoms with E-state index in [9.17, 15) is 14.9 Å². The summed E-state index contributed by atoms with van der Waals surface area (Å²) in [4.78, 5) is 27.4. The third-order valence-corrected chi connectivity index (χ3v) is 2.54. The Labute approximate surface area is 105 Å². The zero-order chi connectivity index (χ0) is 13.9. The smallest absolute Gasteiger partial charge is 0.330 e. The number of hydrogen-bond acceptors (Lipinski definition) is 5. The van der Waals surface area contributed by atoms with Crippen molar-refractivity contribution >= 4 is 11.6 Å². The molecule has 0 aromatic carbocycles. The molecule has 0 unspecified atom stereocenters. The monoisotopic (exact) mass is 253 g/mol. The molecule has 1 aromatic heterocycles. The van der Waals surface area contributed by atoms with Crippen molar-refractivity contribution in [3.05, 3.63) is 27.9 Å². The second kappa shape index (κ2) is 5.44. The second-order valence-corrected chi connectivity index (χ2v) is 3.99. The van der Waals surface area contributed by atoms with Crippen LogP contribution in [0.15, 0.2) is 12.1 Å². The van der Waals surface area contributed by atoms with Gasteiger partial charge >= 0.3 is 5.69 Å². The van der Waals surface area contributed by atoms with Crippen LogP contribution in [0, 0.1) is 10.1 Å². The molecule has 0 aliphatic heterocycles. The van der Waals surface area contributed by atoms with Gasteiger partial charge in [-0.15, -0.1) is 0 Å². The van der Waals surface area contributed by atoms with Crippen LogP contribution >= 0.6 is 0 Å². The van der Waals surface area contributed by atoms with Crippen molar-refractivity contribution in [1.29, 1.82) is 0 Å². The zero-order valence-corrected chi connectivity index (χ0v) is 10.7. The zero-order valence-electron chi connectivity index (χ0n) is 10.7. The number of amides is 1. The summed E-state index contributed by atoms with van der Waals surface area (Å²) in [5.41, 5.74) is -0.144. The lowest BCUT2D eigenvalue weighted by Gasteiger charge is -2.20. The van der Waals surface area contributed by atoms with Gasteiger partial charge in [0, 0.05) is 19.2 Å². The van der Waals surface area contributed by atoms with Crippen LogP contribution in [0.25, 0.3) is 0 Å². The van der Waals surface area contributed by atoms with E-state index < -0.39 is 4.92 Å². The van der Waals surface area contributed by atoms with E-state index >= 15 is 0 Å². The van der Waals surface area contributed by atoms with Crippen LogP contribution in [-0.4, -0.2) is 40.9 Å². The Balaban J connectivity index is 3.13. The Morgan fingerprint density at radius 1 is 1.50 bits per heavy atom. The van der Waals surface area contributed by atoms with E-state index in [0.717, 1.165) is 0 Å². The van der Waals surface area contributed by atoms with E-state index in [2.05, 4.69) is 4.98 Å². The summed E-state index contributed by atoms with van der Waals surface area (Å²) in [5.74, 6) is -0.471. The Morgan fingerprint density at radius 2 is 2.11 bits per heavy atom. The molecule has 0 saturated heterocycles. The van der Waals surface area contributed by atoms with Crippen LogP contribution in [0.2, 0.25) is 0 Å². The molecule has 7 heteroatoms. The lowest BCUT2D eigenvalue weighted by Crippen LogP contribution is -2.33. The van der Waals surface area contributed by atoms with Gasteiger partial charge in [-0.05, 0) is 19.9 Å².